The van der Waals surface area contributed by atoms with Gasteiger partial charge in [-0.15, -0.1) is 0 Å². The van der Waals surface area contributed by atoms with Crippen molar-refractivity contribution in [1.82, 2.24) is 0 Å². The summed E-state index contributed by atoms with van der Waals surface area (Å²) in [7, 11) is 3.07. The number of carboxylic acid groups (broad SMARTS) is 1. The lowest BCUT2D eigenvalue weighted by molar-refractivity contribution is -0.132. The second kappa shape index (κ2) is 6.71. The quantitative estimate of drug-likeness (QED) is 0.830. The van der Waals surface area contributed by atoms with E-state index in [1.54, 1.807) is 13.0 Å². The molecule has 0 bridgehead atoms. The van der Waals surface area contributed by atoms with E-state index in [2.05, 4.69) is 0 Å². The molecule has 0 atom stereocenters. The summed E-state index contributed by atoms with van der Waals surface area (Å²) in [6.07, 6.45) is 1.92. The van der Waals surface area contributed by atoms with Gasteiger partial charge in [-0.25, -0.2) is 4.79 Å². The van der Waals surface area contributed by atoms with Crippen molar-refractivity contribution in [2.75, 3.05) is 14.2 Å². The van der Waals surface area contributed by atoms with Crippen molar-refractivity contribution in [1.29, 1.82) is 0 Å². The largest absolute Gasteiger partial charge is 0.495 e. The van der Waals surface area contributed by atoms with Crippen molar-refractivity contribution in [3.8, 4) is 11.5 Å². The van der Waals surface area contributed by atoms with Crippen molar-refractivity contribution in [2.45, 2.75) is 13.3 Å². The number of ether oxygens (including phenoxy) is 2. The van der Waals surface area contributed by atoms with Crippen LogP contribution in [0.5, 0.6) is 11.5 Å². The highest BCUT2D eigenvalue weighted by Crippen LogP contribution is 2.44. The second-order valence-electron chi connectivity index (χ2n) is 4.67. The third kappa shape index (κ3) is 2.74. The molecule has 2 aromatic rings. The lowest BCUT2D eigenvalue weighted by atomic mass is 10.0. The third-order valence-corrected chi connectivity index (χ3v) is 3.85. The fourth-order valence-corrected chi connectivity index (χ4v) is 2.72. The fourth-order valence-electron chi connectivity index (χ4n) is 2.40. The van der Waals surface area contributed by atoms with E-state index in [1.165, 1.54) is 14.2 Å². The number of aliphatic carboxylic acids is 1. The molecule has 0 aliphatic carbocycles. The fraction of sp³-hybridized carbons (Fsp3) is 0.235. The molecule has 4 nitrogen and oxygen atoms in total. The standard InChI is InChI=1S/C17H17ClO4/c1-4-10(17(19)20)9-13-14(18)16(22-3)12-8-6-5-7-11(12)15(13)21-2/h5-9H,4H2,1-3H3,(H,19,20)/b10-9+. The Hall–Kier alpha value is -2.20. The van der Waals surface area contributed by atoms with E-state index >= 15 is 0 Å². The van der Waals surface area contributed by atoms with Crippen molar-refractivity contribution in [2.24, 2.45) is 0 Å². The molecule has 5 heteroatoms. The maximum absolute atomic E-state index is 11.3. The highest BCUT2D eigenvalue weighted by molar-refractivity contribution is 6.35. The predicted octanol–water partition coefficient (Wildman–Crippen LogP) is 4.39. The van der Waals surface area contributed by atoms with Gasteiger partial charge in [0.1, 0.15) is 11.5 Å². The van der Waals surface area contributed by atoms with Crippen LogP contribution in [0.3, 0.4) is 0 Å². The second-order valence-corrected chi connectivity index (χ2v) is 5.05. The van der Waals surface area contributed by atoms with Gasteiger partial charge in [0, 0.05) is 21.9 Å². The van der Waals surface area contributed by atoms with Crippen LogP contribution in [0.2, 0.25) is 5.02 Å². The third-order valence-electron chi connectivity index (χ3n) is 3.48. The number of fused-ring (bicyclic) bond motifs is 1. The number of hydrogen-bond acceptors (Lipinski definition) is 3. The van der Waals surface area contributed by atoms with Gasteiger partial charge in [-0.1, -0.05) is 42.8 Å². The van der Waals surface area contributed by atoms with Gasteiger partial charge in [-0.3, -0.25) is 0 Å². The molecule has 2 aromatic carbocycles. The number of halogens is 1. The minimum Gasteiger partial charge on any atom is -0.495 e. The highest BCUT2D eigenvalue weighted by atomic mass is 35.5. The Morgan fingerprint density at radius 3 is 2.18 bits per heavy atom. The van der Waals surface area contributed by atoms with Crippen LogP contribution < -0.4 is 9.47 Å². The number of benzene rings is 2. The van der Waals surface area contributed by atoms with E-state index in [0.29, 0.717) is 28.5 Å². The number of rotatable bonds is 5. The highest BCUT2D eigenvalue weighted by Gasteiger charge is 2.19. The minimum atomic E-state index is -0.979. The monoisotopic (exact) mass is 320 g/mol. The van der Waals surface area contributed by atoms with Gasteiger partial charge in [0.25, 0.3) is 0 Å². The van der Waals surface area contributed by atoms with Crippen molar-refractivity contribution in [3.05, 3.63) is 40.4 Å². The molecule has 0 saturated heterocycles. The van der Waals surface area contributed by atoms with E-state index < -0.39 is 5.97 Å². The SMILES string of the molecule is CC/C(=C\c1c(Cl)c(OC)c2ccccc2c1OC)C(=O)O. The van der Waals surface area contributed by atoms with Gasteiger partial charge in [0.15, 0.2) is 0 Å². The molecule has 22 heavy (non-hydrogen) atoms. The summed E-state index contributed by atoms with van der Waals surface area (Å²) in [5.74, 6) is 0.0616. The first-order chi connectivity index (χ1) is 10.5. The molecule has 0 unspecified atom stereocenters. The Morgan fingerprint density at radius 2 is 1.73 bits per heavy atom. The predicted molar refractivity (Wildman–Crippen MR) is 88.0 cm³/mol. The summed E-state index contributed by atoms with van der Waals surface area (Å²) in [5.41, 5.74) is 0.761. The average Bonchev–Trinajstić information content (AvgIpc) is 2.52. The van der Waals surface area contributed by atoms with Crippen LogP contribution in [-0.2, 0) is 4.79 Å². The maximum Gasteiger partial charge on any atom is 0.331 e. The summed E-state index contributed by atoms with van der Waals surface area (Å²) in [6, 6.07) is 7.53. The molecular weight excluding hydrogens is 304 g/mol. The topological polar surface area (TPSA) is 55.8 Å². The van der Waals surface area contributed by atoms with Crippen molar-refractivity contribution < 1.29 is 19.4 Å². The van der Waals surface area contributed by atoms with Gasteiger partial charge < -0.3 is 14.6 Å². The lowest BCUT2D eigenvalue weighted by Crippen LogP contribution is -2.01. The van der Waals surface area contributed by atoms with E-state index in [9.17, 15) is 9.90 Å². The average molecular weight is 321 g/mol. The zero-order valence-electron chi connectivity index (χ0n) is 12.6. The Labute approximate surface area is 133 Å². The Bertz CT molecular complexity index is 750. The molecule has 0 saturated carbocycles. The van der Waals surface area contributed by atoms with Crippen LogP contribution in [0, 0.1) is 0 Å². The van der Waals surface area contributed by atoms with Gasteiger partial charge in [-0.2, -0.15) is 0 Å². The number of carbonyl (C=O) groups is 1. The molecule has 0 spiro atoms. The summed E-state index contributed by atoms with van der Waals surface area (Å²) in [5, 5.41) is 11.2. The first-order valence-corrected chi connectivity index (χ1v) is 7.18. The molecule has 0 fully saturated rings. The molecule has 116 valence electrons. The molecule has 1 N–H and O–H groups in total. The van der Waals surface area contributed by atoms with Crippen LogP contribution in [0.1, 0.15) is 18.9 Å². The van der Waals surface area contributed by atoms with E-state index in [1.807, 2.05) is 24.3 Å². The molecule has 0 aliphatic heterocycles. The summed E-state index contributed by atoms with van der Waals surface area (Å²) in [4.78, 5) is 11.3. The molecule has 0 aromatic heterocycles. The van der Waals surface area contributed by atoms with Crippen LogP contribution in [-0.4, -0.2) is 25.3 Å². The summed E-state index contributed by atoms with van der Waals surface area (Å²) < 4.78 is 10.9. The van der Waals surface area contributed by atoms with Crippen molar-refractivity contribution in [3.63, 3.8) is 0 Å². The van der Waals surface area contributed by atoms with Gasteiger partial charge in [0.2, 0.25) is 0 Å². The Balaban J connectivity index is 2.89. The first kappa shape index (κ1) is 16.2. The smallest absolute Gasteiger partial charge is 0.331 e. The number of hydrogen-bond donors (Lipinski definition) is 1. The Morgan fingerprint density at radius 1 is 1.18 bits per heavy atom. The zero-order chi connectivity index (χ0) is 16.3. The molecule has 2 rings (SSSR count). The number of carboxylic acids is 1. The van der Waals surface area contributed by atoms with Crippen LogP contribution in [0.25, 0.3) is 16.8 Å². The normalized spacial score (nSPS) is 11.5. The number of methoxy groups -OCH3 is 2. The molecule has 0 amide bonds. The zero-order valence-corrected chi connectivity index (χ0v) is 13.4. The van der Waals surface area contributed by atoms with E-state index in [0.717, 1.165) is 10.8 Å². The van der Waals surface area contributed by atoms with E-state index in [-0.39, 0.29) is 5.57 Å². The van der Waals surface area contributed by atoms with Gasteiger partial charge in [-0.05, 0) is 12.5 Å². The lowest BCUT2D eigenvalue weighted by Gasteiger charge is -2.16. The molecule has 0 aliphatic rings. The maximum atomic E-state index is 11.3. The minimum absolute atomic E-state index is 0.248. The van der Waals surface area contributed by atoms with Gasteiger partial charge >= 0.3 is 5.97 Å². The first-order valence-electron chi connectivity index (χ1n) is 6.81. The summed E-state index contributed by atoms with van der Waals surface area (Å²) >= 11 is 6.44. The molecule has 0 radical (unpaired) electrons. The van der Waals surface area contributed by atoms with Crippen LogP contribution >= 0.6 is 11.6 Å². The van der Waals surface area contributed by atoms with Crippen LogP contribution in [0.4, 0.5) is 0 Å². The van der Waals surface area contributed by atoms with Crippen molar-refractivity contribution >= 4 is 34.4 Å². The van der Waals surface area contributed by atoms with Crippen LogP contribution in [0.15, 0.2) is 29.8 Å². The summed E-state index contributed by atoms with van der Waals surface area (Å²) in [6.45, 7) is 1.78. The van der Waals surface area contributed by atoms with Gasteiger partial charge in [0.05, 0.1) is 19.2 Å². The van der Waals surface area contributed by atoms with E-state index in [4.69, 9.17) is 21.1 Å². The molecule has 0 heterocycles. The Kier molecular flexibility index (Phi) is 4.93. The molecular formula is C17H17ClO4.